The molecule has 40 heavy (non-hydrogen) atoms. The highest BCUT2D eigenvalue weighted by Gasteiger charge is 2.29. The van der Waals surface area contributed by atoms with E-state index in [1.807, 2.05) is 0 Å². The summed E-state index contributed by atoms with van der Waals surface area (Å²) in [5.41, 5.74) is 13.4. The van der Waals surface area contributed by atoms with E-state index in [0.717, 1.165) is 16.0 Å². The Morgan fingerprint density at radius 2 is 1.73 bits per heavy atom. The molecule has 3 aromatic carbocycles. The largest absolute Gasteiger partial charge is 0.480 e. The van der Waals surface area contributed by atoms with Crippen molar-refractivity contribution < 1.29 is 38.9 Å². The summed E-state index contributed by atoms with van der Waals surface area (Å²) in [6, 6.07) is 17.1. The molecule has 4 rings (SSSR count). The van der Waals surface area contributed by atoms with Crippen LogP contribution in [0.5, 0.6) is 5.75 Å². The molecule has 1 heterocycles. The highest BCUT2D eigenvalue weighted by atomic mass is 16.5. The van der Waals surface area contributed by atoms with Crippen LogP contribution in [-0.4, -0.2) is 51.4 Å². The number of nitrogens with two attached hydrogens (primary N) is 2. The van der Waals surface area contributed by atoms with Gasteiger partial charge in [0.25, 0.3) is 0 Å². The second-order valence-electron chi connectivity index (χ2n) is 8.99. The number of carbonyl (C=O) groups excluding carboxylic acids is 2. The van der Waals surface area contributed by atoms with Crippen molar-refractivity contribution in [2.45, 2.75) is 25.7 Å². The maximum absolute atomic E-state index is 13.1. The van der Waals surface area contributed by atoms with Gasteiger partial charge in [-0.3, -0.25) is 9.59 Å². The monoisotopic (exact) mass is 546 g/mol. The summed E-state index contributed by atoms with van der Waals surface area (Å²) in [7, 11) is 0. The van der Waals surface area contributed by atoms with Crippen LogP contribution in [0.15, 0.2) is 71.7 Å². The minimum absolute atomic E-state index is 0.0349. The van der Waals surface area contributed by atoms with Crippen LogP contribution in [0.1, 0.15) is 49.9 Å². The third-order valence-corrected chi connectivity index (χ3v) is 6.06. The summed E-state index contributed by atoms with van der Waals surface area (Å²) >= 11 is 0. The Labute approximate surface area is 228 Å². The molecule has 0 bridgehead atoms. The van der Waals surface area contributed by atoms with E-state index in [0.29, 0.717) is 22.6 Å². The Kier molecular flexibility index (Phi) is 8.40. The van der Waals surface area contributed by atoms with Gasteiger partial charge in [0.05, 0.1) is 35.9 Å². The topological polar surface area (TPSA) is 195 Å². The van der Waals surface area contributed by atoms with E-state index in [2.05, 4.69) is 4.99 Å². The molecule has 6 N–H and O–H groups in total. The lowest BCUT2D eigenvalue weighted by Crippen LogP contribution is -2.36. The number of hydrogen-bond donors (Lipinski definition) is 4. The summed E-state index contributed by atoms with van der Waals surface area (Å²) in [5, 5.41) is 18.5. The lowest BCUT2D eigenvalue weighted by Gasteiger charge is -2.23. The molecule has 206 valence electrons. The molecule has 3 aromatic rings. The summed E-state index contributed by atoms with van der Waals surface area (Å²) < 4.78 is 11.3. The number of carboxylic acid groups (broad SMARTS) is 2. The Hall–Kier alpha value is -5.23. The summed E-state index contributed by atoms with van der Waals surface area (Å²) in [5.74, 6) is -3.19. The third kappa shape index (κ3) is 6.99. The summed E-state index contributed by atoms with van der Waals surface area (Å²) in [4.78, 5) is 53.4. The van der Waals surface area contributed by atoms with E-state index < -0.39 is 36.5 Å². The predicted octanol–water partition coefficient (Wildman–Crippen LogP) is 2.58. The second-order valence-corrected chi connectivity index (χ2v) is 8.99. The van der Waals surface area contributed by atoms with Crippen molar-refractivity contribution in [3.63, 3.8) is 0 Å². The number of hydrogen-bond acceptors (Lipinski definition) is 7. The first-order valence-corrected chi connectivity index (χ1v) is 12.1. The van der Waals surface area contributed by atoms with Gasteiger partial charge >= 0.3 is 17.9 Å². The van der Waals surface area contributed by atoms with E-state index in [1.165, 1.54) is 30.3 Å². The van der Waals surface area contributed by atoms with Crippen molar-refractivity contribution in [2.24, 2.45) is 16.5 Å². The van der Waals surface area contributed by atoms with Crippen LogP contribution in [0.3, 0.4) is 0 Å². The molecule has 12 nitrogen and oxygen atoms in total. The zero-order chi connectivity index (χ0) is 28.8. The van der Waals surface area contributed by atoms with Crippen molar-refractivity contribution in [1.29, 1.82) is 0 Å². The number of fused-ring (bicyclic) bond motifs is 1. The van der Waals surface area contributed by atoms with Gasteiger partial charge in [-0.05, 0) is 65.2 Å². The maximum atomic E-state index is 13.1. The van der Waals surface area contributed by atoms with Gasteiger partial charge in [0.15, 0.2) is 5.96 Å². The first-order chi connectivity index (χ1) is 19.1. The molecule has 0 saturated heterocycles. The normalized spacial score (nSPS) is 13.7. The molecule has 0 aromatic heterocycles. The number of rotatable bonds is 10. The van der Waals surface area contributed by atoms with E-state index in [9.17, 15) is 29.4 Å². The molecule has 0 aliphatic carbocycles. The lowest BCUT2D eigenvalue weighted by molar-refractivity contribution is -0.146. The van der Waals surface area contributed by atoms with Crippen LogP contribution >= 0.6 is 0 Å². The molecular formula is C28H26N4O8. The molecule has 0 saturated carbocycles. The predicted molar refractivity (Wildman–Crippen MR) is 142 cm³/mol. The number of carbonyl (C=O) groups is 4. The number of esters is 1. The number of guanidine groups is 1. The van der Waals surface area contributed by atoms with Gasteiger partial charge in [-0.2, -0.15) is 0 Å². The first kappa shape index (κ1) is 27.8. The molecular weight excluding hydrogens is 520 g/mol. The zero-order valence-corrected chi connectivity index (χ0v) is 21.1. The van der Waals surface area contributed by atoms with Crippen LogP contribution in [0.25, 0.3) is 0 Å². The fourth-order valence-electron chi connectivity index (χ4n) is 4.23. The van der Waals surface area contributed by atoms with Gasteiger partial charge in [-0.15, -0.1) is 0 Å². The van der Waals surface area contributed by atoms with Crippen LogP contribution < -0.4 is 16.2 Å². The van der Waals surface area contributed by atoms with Crippen molar-refractivity contribution in [3.8, 4) is 5.75 Å². The number of benzene rings is 3. The molecule has 1 aliphatic rings. The van der Waals surface area contributed by atoms with Gasteiger partial charge in [0.1, 0.15) is 12.3 Å². The van der Waals surface area contributed by atoms with E-state index in [1.54, 1.807) is 36.4 Å². The fraction of sp³-hybridized carbons (Fsp3) is 0.179. The van der Waals surface area contributed by atoms with Gasteiger partial charge in [-0.1, -0.05) is 18.2 Å². The number of aromatic carboxylic acids is 1. The van der Waals surface area contributed by atoms with Gasteiger partial charge in [0.2, 0.25) is 5.91 Å². The Morgan fingerprint density at radius 3 is 2.40 bits per heavy atom. The van der Waals surface area contributed by atoms with Gasteiger partial charge in [0, 0.05) is 6.54 Å². The average Bonchev–Trinajstić information content (AvgIpc) is 3.30. The van der Waals surface area contributed by atoms with Crippen LogP contribution in [0.4, 0.5) is 5.69 Å². The maximum Gasteiger partial charge on any atom is 0.343 e. The van der Waals surface area contributed by atoms with Crippen molar-refractivity contribution >= 4 is 35.5 Å². The van der Waals surface area contributed by atoms with Crippen LogP contribution in [0, 0.1) is 0 Å². The zero-order valence-electron chi connectivity index (χ0n) is 21.1. The Bertz CT molecular complexity index is 1480. The van der Waals surface area contributed by atoms with Crippen molar-refractivity contribution in [2.75, 3.05) is 6.54 Å². The summed E-state index contributed by atoms with van der Waals surface area (Å²) in [6.07, 6.45) is -0.753. The smallest absolute Gasteiger partial charge is 0.343 e. The molecule has 0 fully saturated rings. The Morgan fingerprint density at radius 1 is 0.975 bits per heavy atom. The number of carboxylic acids is 2. The number of aliphatic imine (C=N–C) groups is 1. The number of ether oxygens (including phenoxy) is 2. The number of amides is 1. The molecule has 0 spiro atoms. The quantitative estimate of drug-likeness (QED) is 0.127. The third-order valence-electron chi connectivity index (χ3n) is 6.06. The minimum Gasteiger partial charge on any atom is -0.480 e. The second kappa shape index (κ2) is 12.1. The number of nitrogens with zero attached hydrogens (tertiary/aromatic N) is 2. The SMILES string of the molecule is NC(N)=Nc1ccc(C(=O)Oc2ccc3c(c2)COC3CC(=O)N(CC(=O)O)Cc2cccc(C(=O)O)c2)cc1. The molecule has 1 atom stereocenters. The highest BCUT2D eigenvalue weighted by Crippen LogP contribution is 2.36. The van der Waals surface area contributed by atoms with E-state index in [-0.39, 0.29) is 31.1 Å². The molecule has 1 unspecified atom stereocenters. The standard InChI is InChI=1S/C28H26N4O8/c29-28(30)31-20-6-4-17(5-7-20)27(38)40-21-8-9-22-19(11-21)15-39-23(22)12-24(33)32(14-25(34)35)13-16-2-1-3-18(10-16)26(36)37/h1-11,23H,12-15H2,(H,34,35)(H,36,37)(H4,29,30,31). The number of aliphatic carboxylic acids is 1. The fourth-order valence-corrected chi connectivity index (χ4v) is 4.23. The van der Waals surface area contributed by atoms with Gasteiger partial charge in [-0.25, -0.2) is 14.6 Å². The molecule has 1 aliphatic heterocycles. The van der Waals surface area contributed by atoms with Crippen LogP contribution in [-0.2, 0) is 27.5 Å². The molecule has 0 radical (unpaired) electrons. The molecule has 1 amide bonds. The van der Waals surface area contributed by atoms with Crippen molar-refractivity contribution in [1.82, 2.24) is 4.90 Å². The van der Waals surface area contributed by atoms with Crippen LogP contribution in [0.2, 0.25) is 0 Å². The minimum atomic E-state index is -1.20. The van der Waals surface area contributed by atoms with Crippen molar-refractivity contribution in [3.05, 3.63) is 94.5 Å². The Balaban J connectivity index is 1.42. The van der Waals surface area contributed by atoms with E-state index >= 15 is 0 Å². The average molecular weight is 547 g/mol. The summed E-state index contributed by atoms with van der Waals surface area (Å²) in [6.45, 7) is -0.462. The van der Waals surface area contributed by atoms with E-state index in [4.69, 9.17) is 20.9 Å². The lowest BCUT2D eigenvalue weighted by atomic mass is 10.0. The molecule has 12 heteroatoms. The highest BCUT2D eigenvalue weighted by molar-refractivity contribution is 5.91. The van der Waals surface area contributed by atoms with Gasteiger partial charge < -0.3 is 36.1 Å². The first-order valence-electron chi connectivity index (χ1n) is 12.1.